The highest BCUT2D eigenvalue weighted by Crippen LogP contribution is 2.07. The first kappa shape index (κ1) is 14.8. The highest BCUT2D eigenvalue weighted by Gasteiger charge is 2.17. The van der Waals surface area contributed by atoms with E-state index in [-0.39, 0.29) is 12.0 Å². The number of thioether (sulfide) groups is 1. The fourth-order valence-corrected chi connectivity index (χ4v) is 2.30. The summed E-state index contributed by atoms with van der Waals surface area (Å²) in [5, 5.41) is 3.15. The van der Waals surface area contributed by atoms with Crippen molar-refractivity contribution in [2.45, 2.75) is 39.7 Å². The molecule has 0 fully saturated rings. The van der Waals surface area contributed by atoms with Crippen LogP contribution in [0.15, 0.2) is 0 Å². The summed E-state index contributed by atoms with van der Waals surface area (Å²) in [7, 11) is 0. The van der Waals surface area contributed by atoms with Crippen LogP contribution in [0.2, 0.25) is 0 Å². The first-order valence-corrected chi connectivity index (χ1v) is 6.89. The second-order valence-corrected chi connectivity index (χ2v) is 4.44. The maximum absolute atomic E-state index is 11.5. The second kappa shape index (κ2) is 10.3. The molecule has 0 radical (unpaired) electrons. The summed E-state index contributed by atoms with van der Waals surface area (Å²) in [4.78, 5) is 11.5. The third-order valence-electron chi connectivity index (χ3n) is 1.95. The molecule has 0 saturated heterocycles. The average molecular weight is 233 g/mol. The molecule has 1 N–H and O–H groups in total. The Hall–Kier alpha value is -0.220. The van der Waals surface area contributed by atoms with Gasteiger partial charge in [-0.25, -0.2) is 0 Å². The number of ether oxygens (including phenoxy) is 1. The van der Waals surface area contributed by atoms with Crippen molar-refractivity contribution < 1.29 is 9.53 Å². The van der Waals surface area contributed by atoms with Crippen molar-refractivity contribution in [3.8, 4) is 0 Å². The number of esters is 1. The van der Waals surface area contributed by atoms with Crippen molar-refractivity contribution in [1.29, 1.82) is 0 Å². The molecule has 3 nitrogen and oxygen atoms in total. The minimum atomic E-state index is -0.142. The van der Waals surface area contributed by atoms with E-state index in [2.05, 4.69) is 12.2 Å². The Morgan fingerprint density at radius 2 is 2.13 bits per heavy atom. The number of unbranched alkanes of at least 4 members (excludes halogenated alkanes) is 1. The van der Waals surface area contributed by atoms with Crippen LogP contribution < -0.4 is 5.32 Å². The maximum Gasteiger partial charge on any atom is 0.323 e. The van der Waals surface area contributed by atoms with Gasteiger partial charge in [0.15, 0.2) is 0 Å². The van der Waals surface area contributed by atoms with E-state index in [1.165, 1.54) is 12.8 Å². The number of rotatable bonds is 9. The highest BCUT2D eigenvalue weighted by molar-refractivity contribution is 7.99. The van der Waals surface area contributed by atoms with Gasteiger partial charge in [0.25, 0.3) is 0 Å². The Labute approximate surface area is 97.3 Å². The standard InChI is InChI=1S/C11H23NO2S/c1-4-7-8-15-9-10(12-5-2)11(13)14-6-3/h10,12H,4-9H2,1-3H3. The van der Waals surface area contributed by atoms with Crippen LogP contribution in [-0.4, -0.2) is 36.7 Å². The average Bonchev–Trinajstić information content (AvgIpc) is 2.23. The Kier molecular flexibility index (Phi) is 10.2. The van der Waals surface area contributed by atoms with Gasteiger partial charge in [-0.05, 0) is 25.6 Å². The third-order valence-corrected chi connectivity index (χ3v) is 3.09. The van der Waals surface area contributed by atoms with E-state index in [1.54, 1.807) is 0 Å². The minimum Gasteiger partial charge on any atom is -0.465 e. The van der Waals surface area contributed by atoms with Crippen LogP contribution in [0.3, 0.4) is 0 Å². The van der Waals surface area contributed by atoms with Gasteiger partial charge in [0.05, 0.1) is 6.61 Å². The van der Waals surface area contributed by atoms with Crippen LogP contribution in [0.25, 0.3) is 0 Å². The van der Waals surface area contributed by atoms with E-state index in [0.29, 0.717) is 6.61 Å². The van der Waals surface area contributed by atoms with Crippen molar-refractivity contribution in [1.82, 2.24) is 5.32 Å². The van der Waals surface area contributed by atoms with Gasteiger partial charge in [-0.15, -0.1) is 0 Å². The molecule has 0 rings (SSSR count). The van der Waals surface area contributed by atoms with Crippen molar-refractivity contribution in [2.24, 2.45) is 0 Å². The van der Waals surface area contributed by atoms with Crippen molar-refractivity contribution >= 4 is 17.7 Å². The van der Waals surface area contributed by atoms with E-state index < -0.39 is 0 Å². The molecule has 0 aliphatic carbocycles. The lowest BCUT2D eigenvalue weighted by Crippen LogP contribution is -2.40. The van der Waals surface area contributed by atoms with Gasteiger partial charge in [-0.3, -0.25) is 4.79 Å². The number of hydrogen-bond donors (Lipinski definition) is 1. The van der Waals surface area contributed by atoms with E-state index in [4.69, 9.17) is 4.74 Å². The van der Waals surface area contributed by atoms with E-state index in [0.717, 1.165) is 18.1 Å². The van der Waals surface area contributed by atoms with Gasteiger partial charge < -0.3 is 10.1 Å². The van der Waals surface area contributed by atoms with Crippen molar-refractivity contribution in [2.75, 3.05) is 24.7 Å². The zero-order valence-electron chi connectivity index (χ0n) is 10.0. The van der Waals surface area contributed by atoms with Crippen LogP contribution in [0.5, 0.6) is 0 Å². The number of hydrogen-bond acceptors (Lipinski definition) is 4. The summed E-state index contributed by atoms with van der Waals surface area (Å²) in [6.07, 6.45) is 2.42. The number of carbonyl (C=O) groups excluding carboxylic acids is 1. The normalized spacial score (nSPS) is 12.5. The molecular formula is C11H23NO2S. The molecule has 1 unspecified atom stereocenters. The molecule has 15 heavy (non-hydrogen) atoms. The summed E-state index contributed by atoms with van der Waals surface area (Å²) < 4.78 is 5.00. The Bertz CT molecular complexity index is 165. The highest BCUT2D eigenvalue weighted by atomic mass is 32.2. The van der Waals surface area contributed by atoms with Gasteiger partial charge in [-0.2, -0.15) is 11.8 Å². The van der Waals surface area contributed by atoms with Gasteiger partial charge in [0.1, 0.15) is 6.04 Å². The topological polar surface area (TPSA) is 38.3 Å². The molecule has 0 aromatic rings. The SMILES string of the molecule is CCCCSCC(NCC)C(=O)OCC. The van der Waals surface area contributed by atoms with E-state index >= 15 is 0 Å². The quantitative estimate of drug-likeness (QED) is 0.489. The number of likely N-dealkylation sites (N-methyl/N-ethyl adjacent to an activating group) is 1. The molecule has 0 amide bonds. The lowest BCUT2D eigenvalue weighted by atomic mass is 10.3. The fourth-order valence-electron chi connectivity index (χ4n) is 1.15. The molecular weight excluding hydrogens is 210 g/mol. The lowest BCUT2D eigenvalue weighted by Gasteiger charge is -2.15. The van der Waals surface area contributed by atoms with Gasteiger partial charge >= 0.3 is 5.97 Å². The fraction of sp³-hybridized carbons (Fsp3) is 0.909. The number of nitrogens with one attached hydrogen (secondary N) is 1. The largest absolute Gasteiger partial charge is 0.465 e. The summed E-state index contributed by atoms with van der Waals surface area (Å²) in [5.41, 5.74) is 0. The van der Waals surface area contributed by atoms with Gasteiger partial charge in [-0.1, -0.05) is 20.3 Å². The molecule has 0 aromatic carbocycles. The smallest absolute Gasteiger partial charge is 0.323 e. The van der Waals surface area contributed by atoms with Crippen LogP contribution >= 0.6 is 11.8 Å². The molecule has 0 aromatic heterocycles. The molecule has 0 heterocycles. The summed E-state index contributed by atoms with van der Waals surface area (Å²) in [6, 6.07) is -0.142. The van der Waals surface area contributed by atoms with Crippen LogP contribution in [0, 0.1) is 0 Å². The maximum atomic E-state index is 11.5. The summed E-state index contributed by atoms with van der Waals surface area (Å²) in [6.45, 7) is 7.28. The lowest BCUT2D eigenvalue weighted by molar-refractivity contribution is -0.144. The summed E-state index contributed by atoms with van der Waals surface area (Å²) in [5.74, 6) is 1.81. The zero-order valence-corrected chi connectivity index (χ0v) is 10.9. The first-order valence-electron chi connectivity index (χ1n) is 5.73. The minimum absolute atomic E-state index is 0.122. The van der Waals surface area contributed by atoms with Crippen LogP contribution in [0.4, 0.5) is 0 Å². The van der Waals surface area contributed by atoms with E-state index in [1.807, 2.05) is 25.6 Å². The molecule has 0 aliphatic heterocycles. The third kappa shape index (κ3) is 7.68. The van der Waals surface area contributed by atoms with Gasteiger partial charge in [0, 0.05) is 5.75 Å². The molecule has 90 valence electrons. The van der Waals surface area contributed by atoms with Crippen molar-refractivity contribution in [3.05, 3.63) is 0 Å². The molecule has 0 saturated carbocycles. The molecule has 0 bridgehead atoms. The summed E-state index contributed by atoms with van der Waals surface area (Å²) >= 11 is 1.82. The molecule has 0 spiro atoms. The van der Waals surface area contributed by atoms with E-state index in [9.17, 15) is 4.79 Å². The molecule has 0 aliphatic rings. The number of carbonyl (C=O) groups is 1. The predicted molar refractivity (Wildman–Crippen MR) is 66.3 cm³/mol. The first-order chi connectivity index (χ1) is 7.26. The Morgan fingerprint density at radius 1 is 1.40 bits per heavy atom. The predicted octanol–water partition coefficient (Wildman–Crippen LogP) is 2.06. The molecule has 4 heteroatoms. The zero-order chi connectivity index (χ0) is 11.5. The Morgan fingerprint density at radius 3 is 2.67 bits per heavy atom. The van der Waals surface area contributed by atoms with Crippen LogP contribution in [0.1, 0.15) is 33.6 Å². The van der Waals surface area contributed by atoms with Crippen molar-refractivity contribution in [3.63, 3.8) is 0 Å². The monoisotopic (exact) mass is 233 g/mol. The molecule has 1 atom stereocenters. The Balaban J connectivity index is 3.76. The van der Waals surface area contributed by atoms with Gasteiger partial charge in [0.2, 0.25) is 0 Å². The van der Waals surface area contributed by atoms with Crippen LogP contribution in [-0.2, 0) is 9.53 Å². The second-order valence-electron chi connectivity index (χ2n) is 3.29.